The summed E-state index contributed by atoms with van der Waals surface area (Å²) in [5.74, 6) is 0.761. The number of rotatable bonds is 5. The Morgan fingerprint density at radius 3 is 2.67 bits per heavy atom. The molecule has 1 heterocycles. The van der Waals surface area contributed by atoms with Gasteiger partial charge in [0, 0.05) is 19.6 Å². The first-order chi connectivity index (χ1) is 7.17. The highest BCUT2D eigenvalue weighted by atomic mass is 16.3. The Morgan fingerprint density at radius 2 is 2.20 bits per heavy atom. The van der Waals surface area contributed by atoms with Crippen LogP contribution in [-0.2, 0) is 6.54 Å². The van der Waals surface area contributed by atoms with E-state index in [0.717, 1.165) is 11.5 Å². The standard InChI is InChI=1S/C10H18N4O/c1-8(7-15)14(3)6-9-4-13-10(11-2)5-12-9/h4-5,8,15H,6-7H2,1-3H3,(H,11,13). The van der Waals surface area contributed by atoms with E-state index >= 15 is 0 Å². The maximum atomic E-state index is 8.98. The summed E-state index contributed by atoms with van der Waals surface area (Å²) in [6.07, 6.45) is 3.44. The second-order valence-corrected chi connectivity index (χ2v) is 3.59. The van der Waals surface area contributed by atoms with Crippen molar-refractivity contribution >= 4 is 5.82 Å². The average molecular weight is 210 g/mol. The lowest BCUT2D eigenvalue weighted by Gasteiger charge is -2.21. The Hall–Kier alpha value is -1.20. The van der Waals surface area contributed by atoms with Crippen molar-refractivity contribution < 1.29 is 5.11 Å². The maximum Gasteiger partial charge on any atom is 0.144 e. The maximum absolute atomic E-state index is 8.98. The molecule has 0 radical (unpaired) electrons. The zero-order valence-electron chi connectivity index (χ0n) is 9.44. The Bertz CT molecular complexity index is 288. The Labute approximate surface area is 90.2 Å². The number of aromatic nitrogens is 2. The van der Waals surface area contributed by atoms with Crippen LogP contribution in [0.4, 0.5) is 5.82 Å². The van der Waals surface area contributed by atoms with Crippen LogP contribution in [0.5, 0.6) is 0 Å². The summed E-state index contributed by atoms with van der Waals surface area (Å²) in [5, 5.41) is 11.9. The Kier molecular flexibility index (Phi) is 4.45. The molecule has 1 atom stereocenters. The van der Waals surface area contributed by atoms with Crippen LogP contribution in [0.25, 0.3) is 0 Å². The van der Waals surface area contributed by atoms with Gasteiger partial charge in [-0.25, -0.2) is 4.98 Å². The van der Waals surface area contributed by atoms with Crippen molar-refractivity contribution in [2.24, 2.45) is 0 Å². The third-order valence-corrected chi connectivity index (χ3v) is 2.39. The molecule has 0 aliphatic rings. The molecule has 5 heteroatoms. The van der Waals surface area contributed by atoms with E-state index in [0.29, 0.717) is 6.54 Å². The van der Waals surface area contributed by atoms with Crippen molar-refractivity contribution in [3.63, 3.8) is 0 Å². The fourth-order valence-electron chi connectivity index (χ4n) is 1.12. The van der Waals surface area contributed by atoms with Gasteiger partial charge in [0.05, 0.1) is 24.7 Å². The molecule has 1 unspecified atom stereocenters. The topological polar surface area (TPSA) is 61.3 Å². The monoisotopic (exact) mass is 210 g/mol. The molecule has 0 aliphatic carbocycles. The summed E-state index contributed by atoms with van der Waals surface area (Å²) < 4.78 is 0. The highest BCUT2D eigenvalue weighted by Crippen LogP contribution is 2.04. The number of nitrogens with zero attached hydrogens (tertiary/aromatic N) is 3. The molecule has 0 bridgehead atoms. The van der Waals surface area contributed by atoms with Gasteiger partial charge in [-0.2, -0.15) is 0 Å². The van der Waals surface area contributed by atoms with Gasteiger partial charge in [-0.1, -0.05) is 0 Å². The van der Waals surface area contributed by atoms with Gasteiger partial charge in [-0.3, -0.25) is 9.88 Å². The number of hydrogen-bond donors (Lipinski definition) is 2. The van der Waals surface area contributed by atoms with Crippen molar-refractivity contribution in [2.45, 2.75) is 19.5 Å². The first-order valence-corrected chi connectivity index (χ1v) is 4.97. The Balaban J connectivity index is 2.57. The van der Waals surface area contributed by atoms with Gasteiger partial charge in [0.1, 0.15) is 5.82 Å². The van der Waals surface area contributed by atoms with Gasteiger partial charge in [-0.05, 0) is 14.0 Å². The summed E-state index contributed by atoms with van der Waals surface area (Å²) in [5.41, 5.74) is 0.900. The second kappa shape index (κ2) is 5.63. The predicted molar refractivity (Wildman–Crippen MR) is 59.6 cm³/mol. The van der Waals surface area contributed by atoms with E-state index in [1.807, 2.05) is 25.9 Å². The SMILES string of the molecule is CNc1cnc(CN(C)C(C)CO)cn1. The van der Waals surface area contributed by atoms with Crippen molar-refractivity contribution in [3.8, 4) is 0 Å². The van der Waals surface area contributed by atoms with E-state index in [2.05, 4.69) is 15.3 Å². The molecule has 2 N–H and O–H groups in total. The number of hydrogen-bond acceptors (Lipinski definition) is 5. The normalized spacial score (nSPS) is 12.9. The number of nitrogens with one attached hydrogen (secondary N) is 1. The molecular weight excluding hydrogens is 192 g/mol. The molecule has 84 valence electrons. The van der Waals surface area contributed by atoms with Crippen LogP contribution in [0.1, 0.15) is 12.6 Å². The Morgan fingerprint density at radius 1 is 1.47 bits per heavy atom. The van der Waals surface area contributed by atoms with Crippen LogP contribution in [0.3, 0.4) is 0 Å². The fourth-order valence-corrected chi connectivity index (χ4v) is 1.12. The van der Waals surface area contributed by atoms with E-state index in [1.54, 1.807) is 12.4 Å². The number of anilines is 1. The van der Waals surface area contributed by atoms with Crippen molar-refractivity contribution in [3.05, 3.63) is 18.1 Å². The van der Waals surface area contributed by atoms with Crippen LogP contribution in [0, 0.1) is 0 Å². The van der Waals surface area contributed by atoms with Gasteiger partial charge < -0.3 is 10.4 Å². The van der Waals surface area contributed by atoms with Gasteiger partial charge in [0.15, 0.2) is 0 Å². The second-order valence-electron chi connectivity index (χ2n) is 3.59. The van der Waals surface area contributed by atoms with Crippen molar-refractivity contribution in [1.29, 1.82) is 0 Å². The predicted octanol–water partition coefficient (Wildman–Crippen LogP) is 0.331. The molecule has 1 rings (SSSR count). The van der Waals surface area contributed by atoms with Crippen molar-refractivity contribution in [2.75, 3.05) is 26.0 Å². The fraction of sp³-hybridized carbons (Fsp3) is 0.600. The highest BCUT2D eigenvalue weighted by molar-refractivity contribution is 5.29. The third-order valence-electron chi connectivity index (χ3n) is 2.39. The summed E-state index contributed by atoms with van der Waals surface area (Å²) in [4.78, 5) is 10.5. The van der Waals surface area contributed by atoms with E-state index in [-0.39, 0.29) is 12.6 Å². The summed E-state index contributed by atoms with van der Waals surface area (Å²) >= 11 is 0. The van der Waals surface area contributed by atoms with E-state index in [4.69, 9.17) is 5.11 Å². The average Bonchev–Trinajstić information content (AvgIpc) is 2.29. The van der Waals surface area contributed by atoms with E-state index in [9.17, 15) is 0 Å². The first-order valence-electron chi connectivity index (χ1n) is 4.97. The van der Waals surface area contributed by atoms with Crippen LogP contribution in [0.2, 0.25) is 0 Å². The molecule has 0 amide bonds. The van der Waals surface area contributed by atoms with Crippen LogP contribution in [0.15, 0.2) is 12.4 Å². The van der Waals surface area contributed by atoms with Gasteiger partial charge in [0.25, 0.3) is 0 Å². The summed E-state index contributed by atoms with van der Waals surface area (Å²) in [6, 6.07) is 0.135. The molecule has 0 aromatic carbocycles. The lowest BCUT2D eigenvalue weighted by atomic mass is 10.3. The number of aliphatic hydroxyl groups is 1. The molecule has 5 nitrogen and oxygen atoms in total. The quantitative estimate of drug-likeness (QED) is 0.733. The van der Waals surface area contributed by atoms with Crippen molar-refractivity contribution in [1.82, 2.24) is 14.9 Å². The molecular formula is C10H18N4O. The van der Waals surface area contributed by atoms with Gasteiger partial charge in [-0.15, -0.1) is 0 Å². The minimum atomic E-state index is 0.135. The zero-order chi connectivity index (χ0) is 11.3. The van der Waals surface area contributed by atoms with Crippen LogP contribution in [-0.4, -0.2) is 46.7 Å². The largest absolute Gasteiger partial charge is 0.395 e. The summed E-state index contributed by atoms with van der Waals surface area (Å²) in [6.45, 7) is 2.81. The summed E-state index contributed by atoms with van der Waals surface area (Å²) in [7, 11) is 3.76. The molecule has 0 fully saturated rings. The number of likely N-dealkylation sites (N-methyl/N-ethyl adjacent to an activating group) is 1. The molecule has 1 aromatic rings. The first kappa shape index (κ1) is 11.9. The molecule has 0 saturated heterocycles. The molecule has 15 heavy (non-hydrogen) atoms. The van der Waals surface area contributed by atoms with Gasteiger partial charge in [0.2, 0.25) is 0 Å². The van der Waals surface area contributed by atoms with E-state index < -0.39 is 0 Å². The lowest BCUT2D eigenvalue weighted by molar-refractivity contribution is 0.153. The molecule has 1 aromatic heterocycles. The number of aliphatic hydroxyl groups excluding tert-OH is 1. The highest BCUT2D eigenvalue weighted by Gasteiger charge is 2.08. The smallest absolute Gasteiger partial charge is 0.144 e. The minimum absolute atomic E-state index is 0.135. The molecule has 0 aliphatic heterocycles. The third kappa shape index (κ3) is 3.45. The van der Waals surface area contributed by atoms with Crippen LogP contribution >= 0.6 is 0 Å². The van der Waals surface area contributed by atoms with Gasteiger partial charge >= 0.3 is 0 Å². The zero-order valence-corrected chi connectivity index (χ0v) is 9.44. The minimum Gasteiger partial charge on any atom is -0.395 e. The lowest BCUT2D eigenvalue weighted by Crippen LogP contribution is -2.31. The van der Waals surface area contributed by atoms with Crippen LogP contribution < -0.4 is 5.32 Å². The molecule has 0 spiro atoms. The van der Waals surface area contributed by atoms with E-state index in [1.165, 1.54) is 0 Å². The molecule has 0 saturated carbocycles.